The number of hydrogen-bond donors (Lipinski definition) is 8. The van der Waals surface area contributed by atoms with E-state index >= 15 is 0 Å². The second-order valence-corrected chi connectivity index (χ2v) is 8.45. The Kier molecular flexibility index (Phi) is 9.38. The maximum absolute atomic E-state index is 10.4. The first kappa shape index (κ1) is 27.0. The second kappa shape index (κ2) is 11.5. The monoisotopic (exact) mass is 486 g/mol. The Morgan fingerprint density at radius 2 is 1.33 bits per heavy atom. The molecule has 0 aliphatic carbocycles. The van der Waals surface area contributed by atoms with Crippen LogP contribution in [-0.4, -0.2) is 147 Å². The van der Waals surface area contributed by atoms with Gasteiger partial charge in [-0.3, -0.25) is 0 Å². The van der Waals surface area contributed by atoms with E-state index in [9.17, 15) is 40.9 Å². The molecule has 14 heteroatoms. The minimum absolute atomic E-state index is 0.100. The van der Waals surface area contributed by atoms with Crippen molar-refractivity contribution in [1.82, 2.24) is 0 Å². The molecular formula is C19H34O14. The van der Waals surface area contributed by atoms with E-state index in [0.717, 1.165) is 0 Å². The summed E-state index contributed by atoms with van der Waals surface area (Å²) in [4.78, 5) is 0. The minimum Gasteiger partial charge on any atom is -0.394 e. The molecule has 0 saturated carbocycles. The molecule has 194 valence electrons. The lowest BCUT2D eigenvalue weighted by atomic mass is 9.97. The highest BCUT2D eigenvalue weighted by Gasteiger charge is 2.49. The highest BCUT2D eigenvalue weighted by atomic mass is 16.7. The average Bonchev–Trinajstić information content (AvgIpc) is 2.79. The fraction of sp³-hybridized carbons (Fsp3) is 1.00. The van der Waals surface area contributed by atoms with E-state index in [-0.39, 0.29) is 6.42 Å². The van der Waals surface area contributed by atoms with Gasteiger partial charge in [0.25, 0.3) is 0 Å². The quantitative estimate of drug-likeness (QED) is 0.169. The summed E-state index contributed by atoms with van der Waals surface area (Å²) in [7, 11) is 1.42. The van der Waals surface area contributed by atoms with Crippen LogP contribution in [0.25, 0.3) is 0 Å². The summed E-state index contributed by atoms with van der Waals surface area (Å²) >= 11 is 0. The molecule has 0 spiro atoms. The van der Waals surface area contributed by atoms with Gasteiger partial charge in [0.1, 0.15) is 54.9 Å². The molecule has 33 heavy (non-hydrogen) atoms. The van der Waals surface area contributed by atoms with E-state index in [4.69, 9.17) is 28.4 Å². The lowest BCUT2D eigenvalue weighted by Crippen LogP contribution is -2.63. The molecule has 0 radical (unpaired) electrons. The molecule has 3 rings (SSSR count). The van der Waals surface area contributed by atoms with Gasteiger partial charge in [0, 0.05) is 13.5 Å². The third-order valence-corrected chi connectivity index (χ3v) is 6.17. The Bertz CT molecular complexity index is 609. The van der Waals surface area contributed by atoms with Gasteiger partial charge < -0.3 is 69.3 Å². The molecule has 0 aromatic carbocycles. The molecule has 3 aliphatic heterocycles. The van der Waals surface area contributed by atoms with Crippen LogP contribution in [0.5, 0.6) is 0 Å². The van der Waals surface area contributed by atoms with Gasteiger partial charge in [-0.05, 0) is 6.92 Å². The zero-order valence-corrected chi connectivity index (χ0v) is 18.2. The van der Waals surface area contributed by atoms with Gasteiger partial charge in [-0.1, -0.05) is 0 Å². The van der Waals surface area contributed by atoms with Crippen molar-refractivity contribution in [3.8, 4) is 0 Å². The predicted molar refractivity (Wildman–Crippen MR) is 103 cm³/mol. The molecule has 8 N–H and O–H groups in total. The van der Waals surface area contributed by atoms with Crippen LogP contribution < -0.4 is 0 Å². The van der Waals surface area contributed by atoms with E-state index in [1.807, 2.05) is 0 Å². The van der Waals surface area contributed by atoms with Crippen molar-refractivity contribution in [2.75, 3.05) is 20.3 Å². The summed E-state index contributed by atoms with van der Waals surface area (Å²) in [6, 6.07) is 0. The van der Waals surface area contributed by atoms with E-state index < -0.39 is 99.2 Å². The summed E-state index contributed by atoms with van der Waals surface area (Å²) in [6.45, 7) is 0.501. The summed E-state index contributed by atoms with van der Waals surface area (Å²) in [5, 5.41) is 79.8. The van der Waals surface area contributed by atoms with Gasteiger partial charge in [-0.2, -0.15) is 0 Å². The molecule has 3 aliphatic rings. The zero-order valence-electron chi connectivity index (χ0n) is 18.2. The standard InChI is InChI=1S/C19H34O14/c1-6-17(7(28-2)3-10(21)30-6)33-19-16(27)14(25)12(23)9(32-19)5-29-18-15(26)13(24)11(22)8(4-20)31-18/h6-27H,3-5H2,1-2H3/t6-,7-,8+,9+,10-,11+,12+,13-,14-,15+,16+,17+,18+,19-/m0/s1. The molecule has 0 bridgehead atoms. The third-order valence-electron chi connectivity index (χ3n) is 6.17. The maximum atomic E-state index is 10.4. The first-order valence-electron chi connectivity index (χ1n) is 10.7. The van der Waals surface area contributed by atoms with Crippen LogP contribution in [0.3, 0.4) is 0 Å². The first-order chi connectivity index (χ1) is 15.6. The van der Waals surface area contributed by atoms with Gasteiger partial charge in [0.15, 0.2) is 18.9 Å². The smallest absolute Gasteiger partial charge is 0.187 e. The van der Waals surface area contributed by atoms with Crippen molar-refractivity contribution in [2.45, 2.75) is 99.4 Å². The zero-order chi connectivity index (χ0) is 24.4. The molecule has 0 amide bonds. The van der Waals surface area contributed by atoms with Crippen LogP contribution in [0.15, 0.2) is 0 Å². The Morgan fingerprint density at radius 1 is 0.758 bits per heavy atom. The number of methoxy groups -OCH3 is 1. The van der Waals surface area contributed by atoms with Crippen LogP contribution in [0.4, 0.5) is 0 Å². The van der Waals surface area contributed by atoms with E-state index in [0.29, 0.717) is 0 Å². The molecule has 0 unspecified atom stereocenters. The SMILES string of the molecule is CO[C@H]1C[C@@H](O)O[C@@H](C)[C@H]1O[C@@H]1O[C@H](CO[C@@H]2O[C@H](CO)[C@@H](O)[C@H](O)[C@H]2O)[C@@H](O)[C@H](O)[C@H]1O. The Balaban J connectivity index is 1.64. The van der Waals surface area contributed by atoms with Crippen LogP contribution in [-0.2, 0) is 28.4 Å². The summed E-state index contributed by atoms with van der Waals surface area (Å²) in [5.74, 6) is 0. The molecule has 14 nitrogen and oxygen atoms in total. The number of aliphatic hydroxyl groups excluding tert-OH is 8. The van der Waals surface area contributed by atoms with E-state index in [2.05, 4.69) is 0 Å². The fourth-order valence-corrected chi connectivity index (χ4v) is 4.16. The first-order valence-corrected chi connectivity index (χ1v) is 10.7. The highest BCUT2D eigenvalue weighted by molar-refractivity contribution is 4.93. The maximum Gasteiger partial charge on any atom is 0.187 e. The number of hydrogen-bond acceptors (Lipinski definition) is 14. The van der Waals surface area contributed by atoms with Crippen LogP contribution >= 0.6 is 0 Å². The van der Waals surface area contributed by atoms with Gasteiger partial charge in [-0.15, -0.1) is 0 Å². The lowest BCUT2D eigenvalue weighted by Gasteiger charge is -2.45. The van der Waals surface area contributed by atoms with Gasteiger partial charge >= 0.3 is 0 Å². The van der Waals surface area contributed by atoms with Crippen molar-refractivity contribution in [3.63, 3.8) is 0 Å². The fourth-order valence-electron chi connectivity index (χ4n) is 4.16. The topological polar surface area (TPSA) is 217 Å². The molecule has 0 aromatic heterocycles. The molecule has 0 aromatic rings. The summed E-state index contributed by atoms with van der Waals surface area (Å²) in [6.07, 6.45) is -18.2. The van der Waals surface area contributed by atoms with Gasteiger partial charge in [-0.25, -0.2) is 0 Å². The summed E-state index contributed by atoms with van der Waals surface area (Å²) < 4.78 is 32.7. The Labute approximate surface area is 189 Å². The second-order valence-electron chi connectivity index (χ2n) is 8.45. The van der Waals surface area contributed by atoms with Gasteiger partial charge in [0.2, 0.25) is 0 Å². The molecular weight excluding hydrogens is 452 g/mol. The van der Waals surface area contributed by atoms with Crippen LogP contribution in [0.2, 0.25) is 0 Å². The highest BCUT2D eigenvalue weighted by Crippen LogP contribution is 2.30. The van der Waals surface area contributed by atoms with Crippen molar-refractivity contribution in [2.24, 2.45) is 0 Å². The Morgan fingerprint density at radius 3 is 1.94 bits per heavy atom. The van der Waals surface area contributed by atoms with E-state index in [1.54, 1.807) is 6.92 Å². The van der Waals surface area contributed by atoms with Crippen molar-refractivity contribution < 1.29 is 69.3 Å². The van der Waals surface area contributed by atoms with E-state index in [1.165, 1.54) is 7.11 Å². The van der Waals surface area contributed by atoms with Crippen molar-refractivity contribution in [1.29, 1.82) is 0 Å². The van der Waals surface area contributed by atoms with Crippen LogP contribution in [0, 0.1) is 0 Å². The Hall–Kier alpha value is -0.560. The number of rotatable bonds is 7. The molecule has 3 heterocycles. The largest absolute Gasteiger partial charge is 0.394 e. The summed E-state index contributed by atoms with van der Waals surface area (Å²) in [5.41, 5.74) is 0. The average molecular weight is 486 g/mol. The molecule has 3 saturated heterocycles. The predicted octanol–water partition coefficient (Wildman–Crippen LogP) is -4.86. The third kappa shape index (κ3) is 5.82. The lowest BCUT2D eigenvalue weighted by molar-refractivity contribution is -0.351. The molecule has 14 atom stereocenters. The van der Waals surface area contributed by atoms with Crippen molar-refractivity contribution >= 4 is 0 Å². The molecule has 3 fully saturated rings. The van der Waals surface area contributed by atoms with Crippen molar-refractivity contribution in [3.05, 3.63) is 0 Å². The normalized spacial score (nSPS) is 51.5. The van der Waals surface area contributed by atoms with Gasteiger partial charge in [0.05, 0.1) is 25.4 Å². The van der Waals surface area contributed by atoms with Crippen LogP contribution in [0.1, 0.15) is 13.3 Å². The number of aliphatic hydroxyl groups is 8. The number of ether oxygens (including phenoxy) is 6. The minimum atomic E-state index is -1.68.